The number of rotatable bonds is 5. The van der Waals surface area contributed by atoms with Gasteiger partial charge in [0.2, 0.25) is 0 Å². The van der Waals surface area contributed by atoms with E-state index in [1.807, 2.05) is 32.2 Å². The predicted octanol–water partition coefficient (Wildman–Crippen LogP) is 2.05. The number of aryl methyl sites for hydroxylation is 1. The molecule has 2 rings (SSSR count). The van der Waals surface area contributed by atoms with Crippen molar-refractivity contribution in [3.05, 3.63) is 40.4 Å². The van der Waals surface area contributed by atoms with Gasteiger partial charge >= 0.3 is 0 Å². The Balaban J connectivity index is 2.13. The van der Waals surface area contributed by atoms with Gasteiger partial charge in [-0.1, -0.05) is 15.9 Å². The maximum absolute atomic E-state index is 5.86. The van der Waals surface area contributed by atoms with E-state index in [2.05, 4.69) is 26.0 Å². The van der Waals surface area contributed by atoms with Gasteiger partial charge < -0.3 is 10.5 Å². The van der Waals surface area contributed by atoms with Crippen molar-refractivity contribution in [2.24, 2.45) is 12.8 Å². The van der Waals surface area contributed by atoms with Gasteiger partial charge in [0, 0.05) is 17.6 Å². The molecule has 0 saturated heterocycles. The third-order valence-electron chi connectivity index (χ3n) is 2.73. The molecule has 1 heterocycles. The van der Waals surface area contributed by atoms with E-state index in [0.717, 1.165) is 28.0 Å². The molecule has 6 heteroatoms. The third-order valence-corrected chi connectivity index (χ3v) is 3.22. The second-order valence-electron chi connectivity index (χ2n) is 4.52. The quantitative estimate of drug-likeness (QED) is 0.914. The maximum atomic E-state index is 5.86. The molecule has 0 amide bonds. The van der Waals surface area contributed by atoms with Crippen LogP contribution in [0.4, 0.5) is 0 Å². The molecule has 0 saturated carbocycles. The molecule has 2 aromatic rings. The van der Waals surface area contributed by atoms with Crippen molar-refractivity contribution in [2.45, 2.75) is 26.0 Å². The van der Waals surface area contributed by atoms with Gasteiger partial charge in [-0.3, -0.25) is 4.68 Å². The van der Waals surface area contributed by atoms with Crippen molar-refractivity contribution in [2.75, 3.05) is 0 Å². The van der Waals surface area contributed by atoms with Gasteiger partial charge in [0.1, 0.15) is 18.7 Å². The molecule has 1 atom stereocenters. The summed E-state index contributed by atoms with van der Waals surface area (Å²) in [5, 5.41) is 4.01. The van der Waals surface area contributed by atoms with Crippen molar-refractivity contribution < 1.29 is 4.74 Å². The highest BCUT2D eigenvalue weighted by Crippen LogP contribution is 2.25. The number of aromatic nitrogens is 3. The van der Waals surface area contributed by atoms with Crippen LogP contribution in [0.1, 0.15) is 18.3 Å². The zero-order valence-electron chi connectivity index (χ0n) is 11.0. The Bertz CT molecular complexity index is 553. The fourth-order valence-corrected chi connectivity index (χ4v) is 2.20. The lowest BCUT2D eigenvalue weighted by Gasteiger charge is -2.13. The van der Waals surface area contributed by atoms with Gasteiger partial charge in [-0.25, -0.2) is 4.98 Å². The lowest BCUT2D eigenvalue weighted by atomic mass is 10.1. The predicted molar refractivity (Wildman–Crippen MR) is 76.8 cm³/mol. The number of hydrogen-bond acceptors (Lipinski definition) is 4. The molecule has 0 aliphatic heterocycles. The van der Waals surface area contributed by atoms with E-state index in [1.165, 1.54) is 6.33 Å². The summed E-state index contributed by atoms with van der Waals surface area (Å²) in [7, 11) is 1.84. The van der Waals surface area contributed by atoms with Crippen LogP contribution in [-0.2, 0) is 20.1 Å². The summed E-state index contributed by atoms with van der Waals surface area (Å²) < 4.78 is 8.54. The first-order chi connectivity index (χ1) is 9.06. The van der Waals surface area contributed by atoms with Crippen molar-refractivity contribution in [3.63, 3.8) is 0 Å². The van der Waals surface area contributed by atoms with E-state index >= 15 is 0 Å². The SMILES string of the molecule is CC(N)Cc1cc(Br)ccc1OCc1ncnn1C. The number of hydrogen-bond donors (Lipinski definition) is 1. The topological polar surface area (TPSA) is 66.0 Å². The van der Waals surface area contributed by atoms with Crippen LogP contribution in [0.5, 0.6) is 5.75 Å². The third kappa shape index (κ3) is 3.78. The summed E-state index contributed by atoms with van der Waals surface area (Å²) in [6.45, 7) is 2.37. The van der Waals surface area contributed by atoms with Crippen LogP contribution in [0, 0.1) is 0 Å². The summed E-state index contributed by atoms with van der Waals surface area (Å²) in [6, 6.07) is 6.02. The monoisotopic (exact) mass is 324 g/mol. The number of nitrogens with two attached hydrogens (primary N) is 1. The van der Waals surface area contributed by atoms with Gasteiger partial charge in [-0.05, 0) is 37.1 Å². The summed E-state index contributed by atoms with van der Waals surface area (Å²) in [5.74, 6) is 1.62. The van der Waals surface area contributed by atoms with Crippen LogP contribution < -0.4 is 10.5 Å². The Kier molecular flexibility index (Phi) is 4.55. The maximum Gasteiger partial charge on any atom is 0.164 e. The Labute approximate surface area is 120 Å². The van der Waals surface area contributed by atoms with Crippen molar-refractivity contribution in [3.8, 4) is 5.75 Å². The van der Waals surface area contributed by atoms with E-state index in [9.17, 15) is 0 Å². The van der Waals surface area contributed by atoms with Crippen molar-refractivity contribution in [1.82, 2.24) is 14.8 Å². The minimum atomic E-state index is 0.0893. The number of halogens is 1. The molecule has 1 aromatic carbocycles. The van der Waals surface area contributed by atoms with Crippen LogP contribution in [0.15, 0.2) is 29.0 Å². The van der Waals surface area contributed by atoms with E-state index in [0.29, 0.717) is 6.61 Å². The van der Waals surface area contributed by atoms with Gasteiger partial charge in [-0.2, -0.15) is 5.10 Å². The molecule has 5 nitrogen and oxygen atoms in total. The standard InChI is InChI=1S/C13H17BrN4O/c1-9(15)5-10-6-11(14)3-4-12(10)19-7-13-16-8-17-18(13)2/h3-4,6,8-9H,5,7,15H2,1-2H3. The number of nitrogens with zero attached hydrogens (tertiary/aromatic N) is 3. The van der Waals surface area contributed by atoms with Crippen molar-refractivity contribution >= 4 is 15.9 Å². The van der Waals surface area contributed by atoms with Crippen LogP contribution in [-0.4, -0.2) is 20.8 Å². The summed E-state index contributed by atoms with van der Waals surface area (Å²) in [6.07, 6.45) is 2.29. The van der Waals surface area contributed by atoms with Crippen molar-refractivity contribution in [1.29, 1.82) is 0 Å². The molecular formula is C13H17BrN4O. The minimum absolute atomic E-state index is 0.0893. The lowest BCUT2D eigenvalue weighted by molar-refractivity contribution is 0.286. The summed E-state index contributed by atoms with van der Waals surface area (Å²) >= 11 is 3.46. The smallest absolute Gasteiger partial charge is 0.164 e. The highest BCUT2D eigenvalue weighted by atomic mass is 79.9. The fourth-order valence-electron chi connectivity index (χ4n) is 1.79. The molecule has 0 aliphatic rings. The van der Waals surface area contributed by atoms with E-state index in [4.69, 9.17) is 10.5 Å². The summed E-state index contributed by atoms with van der Waals surface area (Å²) in [4.78, 5) is 4.13. The summed E-state index contributed by atoms with van der Waals surface area (Å²) in [5.41, 5.74) is 6.95. The first kappa shape index (κ1) is 14.0. The lowest BCUT2D eigenvalue weighted by Crippen LogP contribution is -2.18. The van der Waals surface area contributed by atoms with Crippen LogP contribution in [0.3, 0.4) is 0 Å². The molecule has 2 N–H and O–H groups in total. The average molecular weight is 325 g/mol. The first-order valence-electron chi connectivity index (χ1n) is 6.06. The van der Waals surface area contributed by atoms with E-state index < -0.39 is 0 Å². The molecule has 0 aliphatic carbocycles. The highest BCUT2D eigenvalue weighted by molar-refractivity contribution is 9.10. The van der Waals surface area contributed by atoms with Gasteiger partial charge in [0.25, 0.3) is 0 Å². The van der Waals surface area contributed by atoms with Crippen LogP contribution in [0.2, 0.25) is 0 Å². The molecule has 0 bridgehead atoms. The first-order valence-corrected chi connectivity index (χ1v) is 6.85. The Hall–Kier alpha value is -1.40. The molecule has 0 fully saturated rings. The van der Waals surface area contributed by atoms with E-state index in [-0.39, 0.29) is 6.04 Å². The number of ether oxygens (including phenoxy) is 1. The van der Waals surface area contributed by atoms with Crippen LogP contribution in [0.25, 0.3) is 0 Å². The molecule has 0 radical (unpaired) electrons. The Morgan fingerprint density at radius 3 is 2.89 bits per heavy atom. The minimum Gasteiger partial charge on any atom is -0.485 e. The molecule has 19 heavy (non-hydrogen) atoms. The molecule has 0 spiro atoms. The Morgan fingerprint density at radius 1 is 1.47 bits per heavy atom. The molecule has 1 aromatic heterocycles. The fraction of sp³-hybridized carbons (Fsp3) is 0.385. The second-order valence-corrected chi connectivity index (χ2v) is 5.44. The normalized spacial score (nSPS) is 12.4. The van der Waals surface area contributed by atoms with Gasteiger partial charge in [0.05, 0.1) is 0 Å². The van der Waals surface area contributed by atoms with Gasteiger partial charge in [0.15, 0.2) is 5.82 Å². The van der Waals surface area contributed by atoms with E-state index in [1.54, 1.807) is 4.68 Å². The zero-order valence-corrected chi connectivity index (χ0v) is 12.6. The zero-order chi connectivity index (χ0) is 13.8. The highest BCUT2D eigenvalue weighted by Gasteiger charge is 2.09. The van der Waals surface area contributed by atoms with Crippen LogP contribution >= 0.6 is 15.9 Å². The molecular weight excluding hydrogens is 308 g/mol. The largest absolute Gasteiger partial charge is 0.485 e. The van der Waals surface area contributed by atoms with Gasteiger partial charge in [-0.15, -0.1) is 0 Å². The Morgan fingerprint density at radius 2 is 2.26 bits per heavy atom. The average Bonchev–Trinajstić information content (AvgIpc) is 2.73. The molecule has 1 unspecified atom stereocenters. The second kappa shape index (κ2) is 6.16. The molecule has 102 valence electrons. The number of benzene rings is 1.